The summed E-state index contributed by atoms with van der Waals surface area (Å²) in [7, 11) is -1.99. The molecule has 8 nitrogen and oxygen atoms in total. The molecule has 1 aliphatic heterocycles. The second-order valence-corrected chi connectivity index (χ2v) is 10.2. The van der Waals surface area contributed by atoms with E-state index < -0.39 is 10.0 Å². The molecule has 0 spiro atoms. The molecule has 0 bridgehead atoms. The van der Waals surface area contributed by atoms with Gasteiger partial charge in [-0.2, -0.15) is 4.31 Å². The van der Waals surface area contributed by atoms with Crippen LogP contribution in [0.5, 0.6) is 5.75 Å². The lowest BCUT2D eigenvalue weighted by Crippen LogP contribution is -2.45. The zero-order valence-corrected chi connectivity index (χ0v) is 20.1. The molecule has 1 saturated heterocycles. The first-order chi connectivity index (χ1) is 15.7. The van der Waals surface area contributed by atoms with Crippen molar-refractivity contribution in [3.8, 4) is 5.75 Å². The lowest BCUT2D eigenvalue weighted by atomic mass is 9.97. The fourth-order valence-corrected chi connectivity index (χ4v) is 5.26. The van der Waals surface area contributed by atoms with Crippen LogP contribution in [0.1, 0.15) is 29.5 Å². The van der Waals surface area contributed by atoms with E-state index in [9.17, 15) is 18.0 Å². The van der Waals surface area contributed by atoms with E-state index in [0.29, 0.717) is 19.4 Å². The SMILES string of the molecule is COc1ccc(CNC(=O)CNC(=O)C2CCN(S(=O)(=O)c3ccc(C)c(C)c3)CC2)cc1. The van der Waals surface area contributed by atoms with Crippen molar-refractivity contribution in [1.82, 2.24) is 14.9 Å². The van der Waals surface area contributed by atoms with Crippen LogP contribution in [0.4, 0.5) is 0 Å². The standard InChI is InChI=1S/C24H31N3O5S/c1-17-4-9-22(14-18(17)2)33(30,31)27-12-10-20(11-13-27)24(29)26-16-23(28)25-15-19-5-7-21(32-3)8-6-19/h4-9,14,20H,10-13,15-16H2,1-3H3,(H,25,28)(H,26,29). The Hall–Kier alpha value is -2.91. The van der Waals surface area contributed by atoms with Crippen LogP contribution in [0, 0.1) is 19.8 Å². The van der Waals surface area contributed by atoms with E-state index >= 15 is 0 Å². The van der Waals surface area contributed by atoms with Gasteiger partial charge in [0.2, 0.25) is 21.8 Å². The molecular formula is C24H31N3O5S. The molecule has 1 aliphatic rings. The zero-order chi connectivity index (χ0) is 24.0. The number of hydrogen-bond acceptors (Lipinski definition) is 5. The summed E-state index contributed by atoms with van der Waals surface area (Å²) < 4.78 is 32.4. The van der Waals surface area contributed by atoms with Crippen molar-refractivity contribution in [3.63, 3.8) is 0 Å². The van der Waals surface area contributed by atoms with Crippen LogP contribution in [0.2, 0.25) is 0 Å². The third-order valence-electron chi connectivity index (χ3n) is 6.01. The summed E-state index contributed by atoms with van der Waals surface area (Å²) in [5.41, 5.74) is 2.89. The Kier molecular flexibility index (Phi) is 8.10. The predicted octanol–water partition coefficient (Wildman–Crippen LogP) is 2.15. The van der Waals surface area contributed by atoms with Crippen molar-refractivity contribution in [1.29, 1.82) is 0 Å². The molecule has 2 amide bonds. The first kappa shape index (κ1) is 24.7. The van der Waals surface area contributed by atoms with Crippen LogP contribution in [-0.4, -0.2) is 51.3 Å². The van der Waals surface area contributed by atoms with Crippen molar-refractivity contribution in [2.75, 3.05) is 26.7 Å². The number of nitrogens with zero attached hydrogens (tertiary/aromatic N) is 1. The van der Waals surface area contributed by atoms with Crippen molar-refractivity contribution in [2.45, 2.75) is 38.1 Å². The number of piperidine rings is 1. The van der Waals surface area contributed by atoms with Crippen LogP contribution >= 0.6 is 0 Å². The van der Waals surface area contributed by atoms with Gasteiger partial charge in [-0.15, -0.1) is 0 Å². The molecular weight excluding hydrogens is 442 g/mol. The lowest BCUT2D eigenvalue weighted by Gasteiger charge is -2.30. The normalized spacial score (nSPS) is 15.1. The average Bonchev–Trinajstić information content (AvgIpc) is 2.83. The minimum atomic E-state index is -3.58. The van der Waals surface area contributed by atoms with Crippen LogP contribution in [0.25, 0.3) is 0 Å². The number of benzene rings is 2. The largest absolute Gasteiger partial charge is 0.497 e. The number of carbonyl (C=O) groups is 2. The van der Waals surface area contributed by atoms with Gasteiger partial charge >= 0.3 is 0 Å². The number of carbonyl (C=O) groups excluding carboxylic acids is 2. The molecule has 0 aliphatic carbocycles. The van der Waals surface area contributed by atoms with Gasteiger partial charge in [-0.1, -0.05) is 18.2 Å². The van der Waals surface area contributed by atoms with E-state index in [1.54, 1.807) is 19.2 Å². The number of aryl methyl sites for hydroxylation is 2. The fraction of sp³-hybridized carbons (Fsp3) is 0.417. The first-order valence-electron chi connectivity index (χ1n) is 11.0. The van der Waals surface area contributed by atoms with Gasteiger partial charge in [-0.05, 0) is 67.6 Å². The summed E-state index contributed by atoms with van der Waals surface area (Å²) in [6, 6.07) is 12.5. The van der Waals surface area contributed by atoms with Crippen LogP contribution in [0.15, 0.2) is 47.4 Å². The Morgan fingerprint density at radius 3 is 2.27 bits per heavy atom. The molecule has 178 valence electrons. The summed E-state index contributed by atoms with van der Waals surface area (Å²) in [5, 5.41) is 5.43. The van der Waals surface area contributed by atoms with Crippen LogP contribution in [0.3, 0.4) is 0 Å². The summed E-state index contributed by atoms with van der Waals surface area (Å²) in [6.07, 6.45) is 0.840. The summed E-state index contributed by atoms with van der Waals surface area (Å²) in [5.74, 6) is -0.0810. The second kappa shape index (κ2) is 10.8. The Morgan fingerprint density at radius 1 is 1.00 bits per heavy atom. The van der Waals surface area contributed by atoms with Gasteiger partial charge in [0, 0.05) is 25.6 Å². The molecule has 0 aromatic heterocycles. The molecule has 33 heavy (non-hydrogen) atoms. The number of amides is 2. The maximum Gasteiger partial charge on any atom is 0.243 e. The molecule has 1 fully saturated rings. The highest BCUT2D eigenvalue weighted by Crippen LogP contribution is 2.25. The van der Waals surface area contributed by atoms with E-state index in [1.807, 2.05) is 44.2 Å². The monoisotopic (exact) mass is 473 g/mol. The molecule has 0 saturated carbocycles. The number of rotatable bonds is 8. The molecule has 3 rings (SSSR count). The molecule has 2 N–H and O–H groups in total. The van der Waals surface area contributed by atoms with E-state index in [1.165, 1.54) is 4.31 Å². The van der Waals surface area contributed by atoms with Gasteiger partial charge < -0.3 is 15.4 Å². The van der Waals surface area contributed by atoms with E-state index in [0.717, 1.165) is 22.4 Å². The molecule has 9 heteroatoms. The van der Waals surface area contributed by atoms with Gasteiger partial charge in [0.15, 0.2) is 0 Å². The highest BCUT2D eigenvalue weighted by Gasteiger charge is 2.32. The number of hydrogen-bond donors (Lipinski definition) is 2. The maximum atomic E-state index is 12.9. The molecule has 0 radical (unpaired) electrons. The number of ether oxygens (including phenoxy) is 1. The smallest absolute Gasteiger partial charge is 0.243 e. The topological polar surface area (TPSA) is 105 Å². The van der Waals surface area contributed by atoms with Gasteiger partial charge in [0.05, 0.1) is 18.6 Å². The third kappa shape index (κ3) is 6.33. The molecule has 2 aromatic carbocycles. The number of methoxy groups -OCH3 is 1. The lowest BCUT2D eigenvalue weighted by molar-refractivity contribution is -0.129. The second-order valence-electron chi connectivity index (χ2n) is 8.27. The minimum absolute atomic E-state index is 0.115. The molecule has 0 atom stereocenters. The quantitative estimate of drug-likeness (QED) is 0.611. The van der Waals surface area contributed by atoms with Gasteiger partial charge in [-0.3, -0.25) is 9.59 Å². The van der Waals surface area contributed by atoms with E-state index in [4.69, 9.17) is 4.74 Å². The van der Waals surface area contributed by atoms with Crippen molar-refractivity contribution in [3.05, 3.63) is 59.2 Å². The first-order valence-corrected chi connectivity index (χ1v) is 12.4. The minimum Gasteiger partial charge on any atom is -0.497 e. The highest BCUT2D eigenvalue weighted by molar-refractivity contribution is 7.89. The fourth-order valence-electron chi connectivity index (χ4n) is 3.70. The Morgan fingerprint density at radius 2 is 1.67 bits per heavy atom. The van der Waals surface area contributed by atoms with Crippen molar-refractivity contribution < 1.29 is 22.7 Å². The molecule has 2 aromatic rings. The zero-order valence-electron chi connectivity index (χ0n) is 19.3. The Labute approximate surface area is 195 Å². The van der Waals surface area contributed by atoms with E-state index in [2.05, 4.69) is 10.6 Å². The highest BCUT2D eigenvalue weighted by atomic mass is 32.2. The average molecular weight is 474 g/mol. The van der Waals surface area contributed by atoms with Gasteiger partial charge in [0.1, 0.15) is 5.75 Å². The summed E-state index contributed by atoms with van der Waals surface area (Å²) >= 11 is 0. The maximum absolute atomic E-state index is 12.9. The van der Waals surface area contributed by atoms with Crippen LogP contribution < -0.4 is 15.4 Å². The Balaban J connectivity index is 1.44. The van der Waals surface area contributed by atoms with Crippen molar-refractivity contribution >= 4 is 21.8 Å². The number of sulfonamides is 1. The van der Waals surface area contributed by atoms with Crippen molar-refractivity contribution in [2.24, 2.45) is 5.92 Å². The van der Waals surface area contributed by atoms with E-state index in [-0.39, 0.29) is 42.3 Å². The summed E-state index contributed by atoms with van der Waals surface area (Å²) in [4.78, 5) is 24.8. The predicted molar refractivity (Wildman–Crippen MR) is 125 cm³/mol. The summed E-state index contributed by atoms with van der Waals surface area (Å²) in [6.45, 7) is 4.62. The molecule has 0 unspecified atom stereocenters. The third-order valence-corrected chi connectivity index (χ3v) is 7.91. The van der Waals surface area contributed by atoms with Gasteiger partial charge in [-0.25, -0.2) is 8.42 Å². The van der Waals surface area contributed by atoms with Gasteiger partial charge in [0.25, 0.3) is 0 Å². The van der Waals surface area contributed by atoms with Crippen LogP contribution in [-0.2, 0) is 26.2 Å². The Bertz CT molecular complexity index is 1090. The molecule has 1 heterocycles. The number of nitrogens with one attached hydrogen (secondary N) is 2.